The zero-order valence-corrected chi connectivity index (χ0v) is 13.3. The minimum atomic E-state index is -0.201. The molecule has 1 atom stereocenters. The van der Waals surface area contributed by atoms with E-state index in [1.54, 1.807) is 7.11 Å². The summed E-state index contributed by atoms with van der Waals surface area (Å²) in [6.45, 7) is 3.96. The van der Waals surface area contributed by atoms with E-state index in [4.69, 9.17) is 4.74 Å². The third-order valence-electron chi connectivity index (χ3n) is 3.07. The van der Waals surface area contributed by atoms with Gasteiger partial charge >= 0.3 is 0 Å². The first kappa shape index (κ1) is 16.6. The molecule has 1 aromatic rings. The monoisotopic (exact) mass is 331 g/mol. The van der Waals surface area contributed by atoms with Gasteiger partial charge in [-0.25, -0.2) is 4.39 Å². The topological polar surface area (TPSA) is 21.3 Å². The number of rotatable bonds is 9. The van der Waals surface area contributed by atoms with Crippen molar-refractivity contribution in [2.45, 2.75) is 38.6 Å². The summed E-state index contributed by atoms with van der Waals surface area (Å²) in [5, 5.41) is 3.55. The quantitative estimate of drug-likeness (QED) is 0.692. The summed E-state index contributed by atoms with van der Waals surface area (Å²) >= 11 is 3.43. The molecule has 108 valence electrons. The van der Waals surface area contributed by atoms with E-state index in [-0.39, 0.29) is 5.82 Å². The highest BCUT2D eigenvalue weighted by atomic mass is 79.9. The summed E-state index contributed by atoms with van der Waals surface area (Å²) in [4.78, 5) is 0. The van der Waals surface area contributed by atoms with Gasteiger partial charge in [0.2, 0.25) is 0 Å². The first-order valence-electron chi connectivity index (χ1n) is 6.83. The molecule has 2 nitrogen and oxygen atoms in total. The molecule has 0 heterocycles. The third-order valence-corrected chi connectivity index (χ3v) is 3.80. The van der Waals surface area contributed by atoms with Crippen molar-refractivity contribution in [3.05, 3.63) is 34.1 Å². The molecular weight excluding hydrogens is 309 g/mol. The predicted octanol–water partition coefficient (Wildman–Crippen LogP) is 3.93. The number of methoxy groups -OCH3 is 1. The second-order valence-electron chi connectivity index (χ2n) is 4.73. The van der Waals surface area contributed by atoms with Crippen LogP contribution in [0, 0.1) is 5.82 Å². The predicted molar refractivity (Wildman–Crippen MR) is 81.0 cm³/mol. The van der Waals surface area contributed by atoms with Crippen LogP contribution in [-0.2, 0) is 11.2 Å². The van der Waals surface area contributed by atoms with Crippen LogP contribution in [0.2, 0.25) is 0 Å². The van der Waals surface area contributed by atoms with Crippen LogP contribution in [0.4, 0.5) is 4.39 Å². The molecule has 0 aliphatic carbocycles. The Hall–Kier alpha value is -0.450. The highest BCUT2D eigenvalue weighted by Gasteiger charge is 2.11. The molecule has 19 heavy (non-hydrogen) atoms. The Morgan fingerprint density at radius 1 is 1.42 bits per heavy atom. The molecule has 0 radical (unpaired) electrons. The van der Waals surface area contributed by atoms with Crippen LogP contribution in [0.1, 0.15) is 31.7 Å². The Morgan fingerprint density at radius 3 is 2.84 bits per heavy atom. The average molecular weight is 332 g/mol. The van der Waals surface area contributed by atoms with Crippen molar-refractivity contribution in [1.82, 2.24) is 5.32 Å². The maximum absolute atomic E-state index is 13.1. The lowest BCUT2D eigenvalue weighted by molar-refractivity contribution is 0.188. The first-order chi connectivity index (χ1) is 9.17. The lowest BCUT2D eigenvalue weighted by atomic mass is 10.0. The van der Waals surface area contributed by atoms with Crippen LogP contribution >= 0.6 is 15.9 Å². The van der Waals surface area contributed by atoms with Crippen LogP contribution in [0.3, 0.4) is 0 Å². The molecule has 0 saturated heterocycles. The fraction of sp³-hybridized carbons (Fsp3) is 0.600. The number of nitrogens with one attached hydrogen (secondary N) is 1. The standard InChI is InChI=1S/C15H23BrFNO/c1-3-8-18-14(5-4-9-19-2)10-12-6-7-13(17)11-15(12)16/h6-7,11,14,18H,3-5,8-10H2,1-2H3. The Bertz CT molecular complexity index is 373. The van der Waals surface area contributed by atoms with Crippen LogP contribution in [0.25, 0.3) is 0 Å². The number of ether oxygens (including phenoxy) is 1. The molecule has 0 bridgehead atoms. The molecule has 1 rings (SSSR count). The summed E-state index contributed by atoms with van der Waals surface area (Å²) in [7, 11) is 1.73. The first-order valence-corrected chi connectivity index (χ1v) is 7.63. The molecule has 0 fully saturated rings. The van der Waals surface area contributed by atoms with E-state index in [9.17, 15) is 4.39 Å². The minimum Gasteiger partial charge on any atom is -0.385 e. The van der Waals surface area contributed by atoms with Crippen molar-refractivity contribution in [1.29, 1.82) is 0 Å². The number of hydrogen-bond acceptors (Lipinski definition) is 2. The Morgan fingerprint density at radius 2 is 2.21 bits per heavy atom. The van der Waals surface area contributed by atoms with E-state index in [0.29, 0.717) is 6.04 Å². The zero-order chi connectivity index (χ0) is 14.1. The second-order valence-corrected chi connectivity index (χ2v) is 5.58. The lowest BCUT2D eigenvalue weighted by Crippen LogP contribution is -2.32. The lowest BCUT2D eigenvalue weighted by Gasteiger charge is -2.19. The minimum absolute atomic E-state index is 0.201. The Balaban J connectivity index is 2.58. The summed E-state index contributed by atoms with van der Waals surface area (Å²) in [6, 6.07) is 5.32. The van der Waals surface area contributed by atoms with E-state index in [2.05, 4.69) is 28.2 Å². The largest absolute Gasteiger partial charge is 0.385 e. The summed E-state index contributed by atoms with van der Waals surface area (Å²) in [5.74, 6) is -0.201. The fourth-order valence-electron chi connectivity index (χ4n) is 2.05. The van der Waals surface area contributed by atoms with Crippen molar-refractivity contribution in [3.8, 4) is 0 Å². The van der Waals surface area contributed by atoms with E-state index in [1.165, 1.54) is 12.1 Å². The summed E-state index contributed by atoms with van der Waals surface area (Å²) in [5.41, 5.74) is 1.15. The average Bonchev–Trinajstić information content (AvgIpc) is 2.39. The van der Waals surface area contributed by atoms with Gasteiger partial charge in [-0.05, 0) is 49.9 Å². The molecule has 1 aromatic carbocycles. The van der Waals surface area contributed by atoms with Gasteiger partial charge in [0.25, 0.3) is 0 Å². The van der Waals surface area contributed by atoms with Crippen molar-refractivity contribution in [2.75, 3.05) is 20.3 Å². The van der Waals surface area contributed by atoms with Gasteiger partial charge in [-0.2, -0.15) is 0 Å². The highest BCUT2D eigenvalue weighted by molar-refractivity contribution is 9.10. The fourth-order valence-corrected chi connectivity index (χ4v) is 2.56. The van der Waals surface area contributed by atoms with Gasteiger partial charge in [-0.1, -0.05) is 28.9 Å². The second kappa shape index (κ2) is 9.45. The Labute approximate surface area is 123 Å². The molecule has 0 spiro atoms. The van der Waals surface area contributed by atoms with E-state index in [1.807, 2.05) is 6.07 Å². The molecule has 0 aromatic heterocycles. The maximum Gasteiger partial charge on any atom is 0.124 e. The molecule has 4 heteroatoms. The van der Waals surface area contributed by atoms with Gasteiger partial charge < -0.3 is 10.1 Å². The van der Waals surface area contributed by atoms with E-state index in [0.717, 1.165) is 48.9 Å². The van der Waals surface area contributed by atoms with E-state index < -0.39 is 0 Å². The number of benzene rings is 1. The number of halogens is 2. The van der Waals surface area contributed by atoms with Gasteiger partial charge in [0.1, 0.15) is 5.82 Å². The van der Waals surface area contributed by atoms with Crippen molar-refractivity contribution in [2.24, 2.45) is 0 Å². The SMILES string of the molecule is CCCNC(CCCOC)Cc1ccc(F)cc1Br. The molecule has 0 amide bonds. The van der Waals surface area contributed by atoms with Crippen LogP contribution in [0.5, 0.6) is 0 Å². The smallest absolute Gasteiger partial charge is 0.124 e. The maximum atomic E-state index is 13.1. The highest BCUT2D eigenvalue weighted by Crippen LogP contribution is 2.20. The summed E-state index contributed by atoms with van der Waals surface area (Å²) in [6.07, 6.45) is 4.13. The molecule has 1 N–H and O–H groups in total. The number of hydrogen-bond donors (Lipinski definition) is 1. The molecule has 0 aliphatic heterocycles. The van der Waals surface area contributed by atoms with Crippen LogP contribution in [-0.4, -0.2) is 26.3 Å². The zero-order valence-electron chi connectivity index (χ0n) is 11.7. The van der Waals surface area contributed by atoms with Crippen molar-refractivity contribution >= 4 is 15.9 Å². The van der Waals surface area contributed by atoms with Gasteiger partial charge in [0, 0.05) is 24.2 Å². The van der Waals surface area contributed by atoms with Gasteiger partial charge in [-0.15, -0.1) is 0 Å². The van der Waals surface area contributed by atoms with Crippen molar-refractivity contribution < 1.29 is 9.13 Å². The van der Waals surface area contributed by atoms with Crippen molar-refractivity contribution in [3.63, 3.8) is 0 Å². The molecule has 0 aliphatic rings. The molecular formula is C15H23BrFNO. The Kier molecular flexibility index (Phi) is 8.26. The molecule has 1 unspecified atom stereocenters. The normalized spacial score (nSPS) is 12.6. The van der Waals surface area contributed by atoms with Crippen LogP contribution < -0.4 is 5.32 Å². The summed E-state index contributed by atoms with van der Waals surface area (Å²) < 4.78 is 19.0. The molecule has 0 saturated carbocycles. The van der Waals surface area contributed by atoms with Gasteiger partial charge in [0.15, 0.2) is 0 Å². The van der Waals surface area contributed by atoms with Crippen LogP contribution in [0.15, 0.2) is 22.7 Å². The third kappa shape index (κ3) is 6.50. The van der Waals surface area contributed by atoms with Gasteiger partial charge in [0.05, 0.1) is 0 Å². The van der Waals surface area contributed by atoms with E-state index >= 15 is 0 Å². The van der Waals surface area contributed by atoms with Gasteiger partial charge in [-0.3, -0.25) is 0 Å².